The van der Waals surface area contributed by atoms with Gasteiger partial charge in [-0.3, -0.25) is 0 Å². The molecule has 0 fully saturated rings. The van der Waals surface area contributed by atoms with Gasteiger partial charge in [-0.25, -0.2) is 4.68 Å². The molecule has 0 amide bonds. The molecule has 1 N–H and O–H groups in total. The summed E-state index contributed by atoms with van der Waals surface area (Å²) in [5.74, 6) is 2.49. The van der Waals surface area contributed by atoms with Crippen LogP contribution >= 0.6 is 0 Å². The van der Waals surface area contributed by atoms with Crippen LogP contribution in [0.2, 0.25) is 0 Å². The van der Waals surface area contributed by atoms with Gasteiger partial charge in [0.05, 0.1) is 18.2 Å². The first-order valence-electron chi connectivity index (χ1n) is 12.6. The fourth-order valence-corrected chi connectivity index (χ4v) is 5.16. The Hall–Kier alpha value is -3.61. The molecule has 0 saturated carbocycles. The maximum Gasteiger partial charge on any atom is 0.226 e. The van der Waals surface area contributed by atoms with E-state index in [1.165, 1.54) is 22.3 Å². The number of hydrogen-bond donors (Lipinski definition) is 1. The van der Waals surface area contributed by atoms with Gasteiger partial charge in [0.2, 0.25) is 5.95 Å². The third kappa shape index (κ3) is 4.55. The lowest BCUT2D eigenvalue weighted by molar-refractivity contribution is 0.414. The average molecular weight is 471 g/mol. The van der Waals surface area contributed by atoms with Crippen LogP contribution in [0.25, 0.3) is 11.0 Å². The van der Waals surface area contributed by atoms with Crippen molar-refractivity contribution in [1.29, 1.82) is 0 Å². The van der Waals surface area contributed by atoms with Crippen molar-refractivity contribution in [3.8, 4) is 5.75 Å². The van der Waals surface area contributed by atoms with Crippen molar-refractivity contribution in [2.45, 2.75) is 46.1 Å². The molecule has 7 heteroatoms. The van der Waals surface area contributed by atoms with Crippen molar-refractivity contribution in [3.63, 3.8) is 0 Å². The van der Waals surface area contributed by atoms with E-state index in [-0.39, 0.29) is 0 Å². The number of nitrogens with one attached hydrogen (secondary N) is 1. The highest BCUT2D eigenvalue weighted by Gasteiger charge is 2.26. The van der Waals surface area contributed by atoms with Gasteiger partial charge in [0.1, 0.15) is 11.6 Å². The van der Waals surface area contributed by atoms with E-state index in [2.05, 4.69) is 54.4 Å². The highest BCUT2D eigenvalue weighted by molar-refractivity contribution is 5.92. The molecule has 4 aromatic rings. The molecule has 182 valence electrons. The second-order valence-electron chi connectivity index (χ2n) is 9.10. The van der Waals surface area contributed by atoms with Gasteiger partial charge in [0, 0.05) is 33.1 Å². The van der Waals surface area contributed by atoms with Crippen LogP contribution in [0.3, 0.4) is 0 Å². The van der Waals surface area contributed by atoms with Gasteiger partial charge < -0.3 is 15.0 Å². The van der Waals surface area contributed by atoms with Gasteiger partial charge in [-0.05, 0) is 53.6 Å². The average Bonchev–Trinajstić information content (AvgIpc) is 3.21. The van der Waals surface area contributed by atoms with Crippen molar-refractivity contribution < 1.29 is 4.74 Å². The summed E-state index contributed by atoms with van der Waals surface area (Å²) in [6, 6.07) is 14.9. The molecule has 2 aromatic carbocycles. The van der Waals surface area contributed by atoms with Gasteiger partial charge in [0.15, 0.2) is 5.65 Å². The molecule has 1 aliphatic heterocycles. The van der Waals surface area contributed by atoms with Gasteiger partial charge in [-0.1, -0.05) is 44.2 Å². The molecule has 7 nitrogen and oxygen atoms in total. The van der Waals surface area contributed by atoms with E-state index in [1.807, 2.05) is 23.9 Å². The number of aryl methyl sites for hydroxylation is 2. The summed E-state index contributed by atoms with van der Waals surface area (Å²) in [5, 5.41) is 9.31. The number of nitrogens with zero attached hydrogens (tertiary/aromatic N) is 5. The lowest BCUT2D eigenvalue weighted by Gasteiger charge is -2.28. The molecule has 1 aliphatic rings. The van der Waals surface area contributed by atoms with Crippen LogP contribution in [0, 0.1) is 0 Å². The quantitative estimate of drug-likeness (QED) is 0.382. The predicted octanol–water partition coefficient (Wildman–Crippen LogP) is 4.71. The van der Waals surface area contributed by atoms with E-state index in [4.69, 9.17) is 19.8 Å². The topological polar surface area (TPSA) is 68.1 Å². The largest absolute Gasteiger partial charge is 0.497 e. The van der Waals surface area contributed by atoms with Crippen molar-refractivity contribution in [2.75, 3.05) is 30.4 Å². The smallest absolute Gasteiger partial charge is 0.226 e. The summed E-state index contributed by atoms with van der Waals surface area (Å²) in [4.78, 5) is 12.2. The summed E-state index contributed by atoms with van der Waals surface area (Å²) < 4.78 is 7.20. The maximum atomic E-state index is 5.31. The second kappa shape index (κ2) is 9.94. The molecule has 0 unspecified atom stereocenters. The van der Waals surface area contributed by atoms with Crippen LogP contribution in [0.5, 0.6) is 5.75 Å². The Morgan fingerprint density at radius 2 is 1.80 bits per heavy atom. The van der Waals surface area contributed by atoms with E-state index in [0.717, 1.165) is 73.6 Å². The Morgan fingerprint density at radius 3 is 2.54 bits per heavy atom. The van der Waals surface area contributed by atoms with Crippen molar-refractivity contribution >= 4 is 22.8 Å². The van der Waals surface area contributed by atoms with E-state index >= 15 is 0 Å². The highest BCUT2D eigenvalue weighted by Crippen LogP contribution is 2.33. The van der Waals surface area contributed by atoms with Gasteiger partial charge in [0.25, 0.3) is 0 Å². The molecule has 5 rings (SSSR count). The highest BCUT2D eigenvalue weighted by atomic mass is 16.5. The zero-order valence-electron chi connectivity index (χ0n) is 21.1. The fraction of sp³-hybridized carbons (Fsp3) is 0.393. The zero-order chi connectivity index (χ0) is 24.4. The SMILES string of the molecule is CCc1cccc(CCNc2nc3c4c(nn(C)c4n2)CCN3Cc2ccc(OC)cc2)c1CC. The van der Waals surface area contributed by atoms with Gasteiger partial charge in [-0.2, -0.15) is 15.1 Å². The van der Waals surface area contributed by atoms with Crippen LogP contribution in [-0.2, 0) is 39.3 Å². The van der Waals surface area contributed by atoms with E-state index in [9.17, 15) is 0 Å². The lowest BCUT2D eigenvalue weighted by atomic mass is 9.95. The number of ether oxygens (including phenoxy) is 1. The molecule has 0 saturated heterocycles. The predicted molar refractivity (Wildman–Crippen MR) is 141 cm³/mol. The Kier molecular flexibility index (Phi) is 6.57. The Labute approximate surface area is 207 Å². The standard InChI is InChI=1S/C28H34N6O/c1-5-20-8-7-9-21(23(20)6-2)14-16-29-28-30-26-25-24(32-33(26)3)15-17-34(27(25)31-28)18-19-10-12-22(35-4)13-11-19/h7-13H,5-6,14-18H2,1-4H3,(H,29,30,31). The lowest BCUT2D eigenvalue weighted by Crippen LogP contribution is -2.29. The van der Waals surface area contributed by atoms with Gasteiger partial charge in [-0.15, -0.1) is 0 Å². The minimum absolute atomic E-state index is 0.661. The van der Waals surface area contributed by atoms with Crippen molar-refractivity contribution in [2.24, 2.45) is 7.05 Å². The molecule has 2 aromatic heterocycles. The maximum absolute atomic E-state index is 5.31. The zero-order valence-corrected chi connectivity index (χ0v) is 21.1. The molecule has 0 aliphatic carbocycles. The molecular formula is C28H34N6O. The summed E-state index contributed by atoms with van der Waals surface area (Å²) in [5.41, 5.74) is 7.52. The summed E-state index contributed by atoms with van der Waals surface area (Å²) in [6.45, 7) is 6.92. The minimum atomic E-state index is 0.661. The number of hydrogen-bond acceptors (Lipinski definition) is 6. The number of benzene rings is 2. The first-order valence-corrected chi connectivity index (χ1v) is 12.6. The van der Waals surface area contributed by atoms with Gasteiger partial charge >= 0.3 is 0 Å². The molecule has 0 atom stereocenters. The van der Waals surface area contributed by atoms with E-state index < -0.39 is 0 Å². The Bertz CT molecular complexity index is 1330. The van der Waals surface area contributed by atoms with Crippen molar-refractivity contribution in [3.05, 3.63) is 70.4 Å². The summed E-state index contributed by atoms with van der Waals surface area (Å²) in [7, 11) is 3.66. The molecule has 0 spiro atoms. The normalized spacial score (nSPS) is 12.9. The first kappa shape index (κ1) is 23.1. The van der Waals surface area contributed by atoms with Crippen LogP contribution in [0.15, 0.2) is 42.5 Å². The molecule has 0 radical (unpaired) electrons. The molecule has 35 heavy (non-hydrogen) atoms. The Balaban J connectivity index is 1.39. The Morgan fingerprint density at radius 1 is 1.00 bits per heavy atom. The molecule has 3 heterocycles. The fourth-order valence-electron chi connectivity index (χ4n) is 5.16. The van der Waals surface area contributed by atoms with Crippen LogP contribution in [0.1, 0.15) is 41.8 Å². The monoisotopic (exact) mass is 470 g/mol. The third-order valence-electron chi connectivity index (χ3n) is 6.97. The summed E-state index contributed by atoms with van der Waals surface area (Å²) >= 11 is 0. The summed E-state index contributed by atoms with van der Waals surface area (Å²) in [6.07, 6.45) is 3.97. The first-order chi connectivity index (χ1) is 17.1. The number of methoxy groups -OCH3 is 1. The molecular weight excluding hydrogens is 436 g/mol. The second-order valence-corrected chi connectivity index (χ2v) is 9.10. The minimum Gasteiger partial charge on any atom is -0.497 e. The number of anilines is 2. The van der Waals surface area contributed by atoms with Crippen molar-refractivity contribution in [1.82, 2.24) is 19.7 Å². The molecule has 0 bridgehead atoms. The van der Waals surface area contributed by atoms with Crippen LogP contribution in [-0.4, -0.2) is 39.9 Å². The number of rotatable bonds is 9. The third-order valence-corrected chi connectivity index (χ3v) is 6.97. The van der Waals surface area contributed by atoms with E-state index in [0.29, 0.717) is 5.95 Å². The van der Waals surface area contributed by atoms with E-state index in [1.54, 1.807) is 7.11 Å². The van der Waals surface area contributed by atoms with Crippen LogP contribution in [0.4, 0.5) is 11.8 Å². The van der Waals surface area contributed by atoms with Crippen LogP contribution < -0.4 is 15.0 Å². The number of aromatic nitrogens is 4.